The molecular weight excluding hydrogens is 190 g/mol. The van der Waals surface area contributed by atoms with Gasteiger partial charge in [0.2, 0.25) is 0 Å². The molecular formula is C12H19NO2. The van der Waals surface area contributed by atoms with E-state index in [9.17, 15) is 4.79 Å². The Morgan fingerprint density at radius 3 is 2.67 bits per heavy atom. The van der Waals surface area contributed by atoms with Crippen molar-refractivity contribution in [3.05, 3.63) is 24.3 Å². The molecule has 0 bridgehead atoms. The second-order valence-electron chi connectivity index (χ2n) is 4.08. The Bertz CT molecular complexity index is 281. The largest absolute Gasteiger partial charge is 0.366 e. The van der Waals surface area contributed by atoms with Gasteiger partial charge in [0.15, 0.2) is 5.78 Å². The Morgan fingerprint density at radius 1 is 1.40 bits per heavy atom. The topological polar surface area (TPSA) is 29.5 Å². The van der Waals surface area contributed by atoms with Gasteiger partial charge in [-0.15, -0.1) is 0 Å². The average Bonchev–Trinajstić information content (AvgIpc) is 2.21. The molecule has 0 radical (unpaired) electrons. The lowest BCUT2D eigenvalue weighted by molar-refractivity contribution is -0.131. The molecule has 0 heterocycles. The molecule has 0 spiro atoms. The summed E-state index contributed by atoms with van der Waals surface area (Å²) in [6.45, 7) is 0.968. The molecule has 0 fully saturated rings. The molecule has 1 aliphatic rings. The van der Waals surface area contributed by atoms with Crippen LogP contribution in [0, 0.1) is 0 Å². The van der Waals surface area contributed by atoms with Crippen LogP contribution in [0.3, 0.4) is 0 Å². The van der Waals surface area contributed by atoms with E-state index < -0.39 is 5.60 Å². The van der Waals surface area contributed by atoms with Crippen LogP contribution in [0.1, 0.15) is 12.8 Å². The minimum Gasteiger partial charge on any atom is -0.366 e. The van der Waals surface area contributed by atoms with E-state index in [4.69, 9.17) is 4.74 Å². The third-order valence-corrected chi connectivity index (χ3v) is 2.66. The number of hydrogen-bond acceptors (Lipinski definition) is 3. The maximum absolute atomic E-state index is 11.7. The molecule has 0 amide bonds. The van der Waals surface area contributed by atoms with Crippen molar-refractivity contribution in [1.82, 2.24) is 4.90 Å². The Morgan fingerprint density at radius 2 is 2.13 bits per heavy atom. The van der Waals surface area contributed by atoms with Crippen molar-refractivity contribution in [1.29, 1.82) is 0 Å². The number of carbonyl (C=O) groups excluding carboxylic acids is 1. The molecule has 0 aromatic rings. The quantitative estimate of drug-likeness (QED) is 0.685. The molecule has 0 aromatic heterocycles. The van der Waals surface area contributed by atoms with Crippen molar-refractivity contribution < 1.29 is 9.53 Å². The highest BCUT2D eigenvalue weighted by atomic mass is 16.5. The molecule has 0 N–H and O–H groups in total. The number of rotatable bonds is 5. The molecule has 0 aromatic carbocycles. The van der Waals surface area contributed by atoms with E-state index in [1.54, 1.807) is 19.3 Å². The third kappa shape index (κ3) is 3.01. The summed E-state index contributed by atoms with van der Waals surface area (Å²) in [5.41, 5.74) is -0.718. The lowest BCUT2D eigenvalue weighted by Crippen LogP contribution is -2.39. The van der Waals surface area contributed by atoms with Gasteiger partial charge in [-0.1, -0.05) is 12.2 Å². The summed E-state index contributed by atoms with van der Waals surface area (Å²) in [5.74, 6) is 0.0475. The van der Waals surface area contributed by atoms with Crippen molar-refractivity contribution in [2.45, 2.75) is 18.4 Å². The van der Waals surface area contributed by atoms with Crippen LogP contribution in [0.2, 0.25) is 0 Å². The van der Waals surface area contributed by atoms with Gasteiger partial charge in [-0.3, -0.25) is 4.79 Å². The van der Waals surface area contributed by atoms with Gasteiger partial charge in [0.1, 0.15) is 5.60 Å². The summed E-state index contributed by atoms with van der Waals surface area (Å²) in [6.07, 6.45) is 8.75. The molecule has 3 heteroatoms. The summed E-state index contributed by atoms with van der Waals surface area (Å²) in [7, 11) is 5.65. The fourth-order valence-electron chi connectivity index (χ4n) is 1.71. The van der Waals surface area contributed by atoms with E-state index >= 15 is 0 Å². The molecule has 1 unspecified atom stereocenters. The summed E-state index contributed by atoms with van der Waals surface area (Å²) in [5, 5.41) is 0. The van der Waals surface area contributed by atoms with E-state index in [0.717, 1.165) is 19.4 Å². The molecule has 84 valence electrons. The first-order valence-corrected chi connectivity index (χ1v) is 5.21. The Labute approximate surface area is 91.4 Å². The van der Waals surface area contributed by atoms with Gasteiger partial charge in [0.25, 0.3) is 0 Å². The number of ketones is 1. The molecule has 3 nitrogen and oxygen atoms in total. The fraction of sp³-hybridized carbons (Fsp3) is 0.583. The van der Waals surface area contributed by atoms with Crippen LogP contribution in [-0.4, -0.2) is 44.0 Å². The van der Waals surface area contributed by atoms with Crippen LogP contribution in [0.5, 0.6) is 0 Å². The molecule has 15 heavy (non-hydrogen) atoms. The summed E-state index contributed by atoms with van der Waals surface area (Å²) >= 11 is 0. The SMILES string of the molecule is COC1(CCCN(C)C)C=CC=CC1=O. The zero-order valence-corrected chi connectivity index (χ0v) is 9.69. The molecule has 1 atom stereocenters. The Hall–Kier alpha value is -0.930. The van der Waals surface area contributed by atoms with Gasteiger partial charge in [0.05, 0.1) is 0 Å². The summed E-state index contributed by atoms with van der Waals surface area (Å²) in [6, 6.07) is 0. The monoisotopic (exact) mass is 209 g/mol. The highest BCUT2D eigenvalue weighted by Gasteiger charge is 2.34. The standard InChI is InChI=1S/C12H19NO2/c1-13(2)10-6-9-12(15-3)8-5-4-7-11(12)14/h4-5,7-8H,6,9-10H2,1-3H3. The second-order valence-corrected chi connectivity index (χ2v) is 4.08. The first-order valence-electron chi connectivity index (χ1n) is 5.21. The Balaban J connectivity index is 2.57. The first-order chi connectivity index (χ1) is 7.10. The van der Waals surface area contributed by atoms with Gasteiger partial charge in [-0.05, 0) is 45.6 Å². The summed E-state index contributed by atoms with van der Waals surface area (Å²) in [4.78, 5) is 13.9. The number of hydrogen-bond donors (Lipinski definition) is 0. The van der Waals surface area contributed by atoms with E-state index in [0.29, 0.717) is 0 Å². The van der Waals surface area contributed by atoms with E-state index in [-0.39, 0.29) is 5.78 Å². The smallest absolute Gasteiger partial charge is 0.191 e. The molecule has 0 saturated heterocycles. The van der Waals surface area contributed by atoms with Crippen LogP contribution in [-0.2, 0) is 9.53 Å². The average molecular weight is 209 g/mol. The van der Waals surface area contributed by atoms with E-state index in [1.807, 2.05) is 26.2 Å². The zero-order chi connectivity index (χ0) is 11.3. The van der Waals surface area contributed by atoms with Crippen LogP contribution in [0.15, 0.2) is 24.3 Å². The van der Waals surface area contributed by atoms with Crippen LogP contribution >= 0.6 is 0 Å². The fourth-order valence-corrected chi connectivity index (χ4v) is 1.71. The van der Waals surface area contributed by atoms with Crippen molar-refractivity contribution in [2.75, 3.05) is 27.7 Å². The summed E-state index contributed by atoms with van der Waals surface area (Å²) < 4.78 is 5.37. The van der Waals surface area contributed by atoms with Crippen molar-refractivity contribution in [3.63, 3.8) is 0 Å². The van der Waals surface area contributed by atoms with E-state index in [1.165, 1.54) is 0 Å². The first kappa shape index (κ1) is 12.1. The predicted octanol–water partition coefficient (Wildman–Crippen LogP) is 1.41. The Kier molecular flexibility index (Phi) is 4.24. The molecule has 1 aliphatic carbocycles. The van der Waals surface area contributed by atoms with Crippen molar-refractivity contribution in [2.24, 2.45) is 0 Å². The van der Waals surface area contributed by atoms with Gasteiger partial charge in [-0.2, -0.15) is 0 Å². The number of methoxy groups -OCH3 is 1. The number of nitrogens with zero attached hydrogens (tertiary/aromatic N) is 1. The molecule has 0 aliphatic heterocycles. The van der Waals surface area contributed by atoms with Gasteiger partial charge >= 0.3 is 0 Å². The molecule has 0 saturated carbocycles. The third-order valence-electron chi connectivity index (χ3n) is 2.66. The second kappa shape index (κ2) is 5.24. The minimum absolute atomic E-state index is 0.0475. The van der Waals surface area contributed by atoms with Crippen molar-refractivity contribution >= 4 is 5.78 Å². The lowest BCUT2D eigenvalue weighted by Gasteiger charge is -2.28. The van der Waals surface area contributed by atoms with Crippen molar-refractivity contribution in [3.8, 4) is 0 Å². The minimum atomic E-state index is -0.718. The highest BCUT2D eigenvalue weighted by molar-refractivity contribution is 6.00. The maximum Gasteiger partial charge on any atom is 0.191 e. The highest BCUT2D eigenvalue weighted by Crippen LogP contribution is 2.24. The van der Waals surface area contributed by atoms with Crippen LogP contribution in [0.4, 0.5) is 0 Å². The van der Waals surface area contributed by atoms with Gasteiger partial charge in [0, 0.05) is 7.11 Å². The predicted molar refractivity (Wildman–Crippen MR) is 60.8 cm³/mol. The number of ether oxygens (including phenoxy) is 1. The molecule has 1 rings (SSSR count). The lowest BCUT2D eigenvalue weighted by atomic mass is 9.89. The number of carbonyl (C=O) groups is 1. The van der Waals surface area contributed by atoms with Gasteiger partial charge in [-0.25, -0.2) is 0 Å². The van der Waals surface area contributed by atoms with Crippen LogP contribution in [0.25, 0.3) is 0 Å². The zero-order valence-electron chi connectivity index (χ0n) is 9.69. The van der Waals surface area contributed by atoms with E-state index in [2.05, 4.69) is 4.90 Å². The van der Waals surface area contributed by atoms with Crippen LogP contribution < -0.4 is 0 Å². The number of allylic oxidation sites excluding steroid dienone is 2. The normalized spacial score (nSPS) is 25.2. The van der Waals surface area contributed by atoms with Gasteiger partial charge < -0.3 is 9.64 Å². The maximum atomic E-state index is 11.7.